The molecule has 3 heteroatoms. The molecule has 0 amide bonds. The molecule has 0 N–H and O–H groups in total. The molecule has 3 nitrogen and oxygen atoms in total. The van der Waals surface area contributed by atoms with Gasteiger partial charge in [-0.2, -0.15) is 0 Å². The molecule has 7 aromatic carbocycles. The molecule has 1 aliphatic rings. The standard InChI is InChI=1S/C43H27N3/c1-4-13-28(14-5-1)31-25-32(29-15-6-2-7-16-29)27-33(26-31)42-44-41(30-17-8-3-9-18-30)45-43(46-42)39-24-23-38-35-20-11-10-19-34(35)36-21-12-22-37(39)40(36)38/h1-27H. The topological polar surface area (TPSA) is 38.7 Å². The summed E-state index contributed by atoms with van der Waals surface area (Å²) < 4.78 is 0. The Morgan fingerprint density at radius 2 is 0.696 bits per heavy atom. The molecular weight excluding hydrogens is 558 g/mol. The first-order valence-electron chi connectivity index (χ1n) is 15.5. The minimum absolute atomic E-state index is 0.644. The first-order chi connectivity index (χ1) is 22.8. The number of nitrogens with zero attached hydrogens (tertiary/aromatic N) is 3. The molecule has 0 atom stereocenters. The number of rotatable bonds is 5. The Morgan fingerprint density at radius 1 is 0.261 bits per heavy atom. The van der Waals surface area contributed by atoms with Crippen molar-refractivity contribution < 1.29 is 0 Å². The maximum absolute atomic E-state index is 5.23. The fraction of sp³-hybridized carbons (Fsp3) is 0. The SMILES string of the molecule is c1ccc(-c2cc(-c3ccccc3)cc(-c3nc(-c4ccccc4)nc(-c4ccc5c6c(cccc46)-c4ccccc4-5)n3)c2)cc1. The highest BCUT2D eigenvalue weighted by Crippen LogP contribution is 2.49. The summed E-state index contributed by atoms with van der Waals surface area (Å²) in [4.78, 5) is 15.4. The quantitative estimate of drug-likeness (QED) is 0.202. The van der Waals surface area contributed by atoms with Gasteiger partial charge in [0.1, 0.15) is 0 Å². The van der Waals surface area contributed by atoms with Gasteiger partial charge in [0.25, 0.3) is 0 Å². The highest BCUT2D eigenvalue weighted by molar-refractivity contribution is 6.18. The zero-order valence-corrected chi connectivity index (χ0v) is 24.9. The number of fused-ring (bicyclic) bond motifs is 3. The van der Waals surface area contributed by atoms with E-state index in [1.54, 1.807) is 0 Å². The van der Waals surface area contributed by atoms with E-state index in [9.17, 15) is 0 Å². The lowest BCUT2D eigenvalue weighted by Gasteiger charge is -2.13. The zero-order chi connectivity index (χ0) is 30.5. The van der Waals surface area contributed by atoms with E-state index in [1.165, 1.54) is 27.6 Å². The van der Waals surface area contributed by atoms with E-state index in [0.717, 1.165) is 44.3 Å². The summed E-state index contributed by atoms with van der Waals surface area (Å²) in [5.74, 6) is 1.96. The Kier molecular flexibility index (Phi) is 6.14. The molecule has 1 aromatic heterocycles. The van der Waals surface area contributed by atoms with Crippen molar-refractivity contribution in [3.8, 4) is 78.7 Å². The van der Waals surface area contributed by atoms with E-state index >= 15 is 0 Å². The third kappa shape index (κ3) is 4.41. The van der Waals surface area contributed by atoms with Crippen LogP contribution in [0.3, 0.4) is 0 Å². The lowest BCUT2D eigenvalue weighted by molar-refractivity contribution is 1.08. The van der Waals surface area contributed by atoms with Gasteiger partial charge in [-0.3, -0.25) is 0 Å². The molecule has 8 aromatic rings. The van der Waals surface area contributed by atoms with Crippen molar-refractivity contribution in [2.75, 3.05) is 0 Å². The van der Waals surface area contributed by atoms with Crippen LogP contribution in [0.25, 0.3) is 89.4 Å². The Bertz CT molecular complexity index is 2310. The van der Waals surface area contributed by atoms with Gasteiger partial charge in [0.05, 0.1) is 0 Å². The summed E-state index contributed by atoms with van der Waals surface area (Å²) in [6.45, 7) is 0. The van der Waals surface area contributed by atoms with Crippen molar-refractivity contribution in [1.82, 2.24) is 15.0 Å². The fourth-order valence-electron chi connectivity index (χ4n) is 6.70. The number of hydrogen-bond acceptors (Lipinski definition) is 3. The largest absolute Gasteiger partial charge is 0.208 e. The zero-order valence-electron chi connectivity index (χ0n) is 24.9. The van der Waals surface area contributed by atoms with Crippen molar-refractivity contribution in [2.24, 2.45) is 0 Å². The predicted molar refractivity (Wildman–Crippen MR) is 189 cm³/mol. The molecule has 0 fully saturated rings. The van der Waals surface area contributed by atoms with E-state index in [1.807, 2.05) is 30.3 Å². The molecule has 0 radical (unpaired) electrons. The Morgan fingerprint density at radius 3 is 1.30 bits per heavy atom. The highest BCUT2D eigenvalue weighted by atomic mass is 15.0. The van der Waals surface area contributed by atoms with Gasteiger partial charge in [-0.1, -0.05) is 140 Å². The lowest BCUT2D eigenvalue weighted by Crippen LogP contribution is -2.01. The van der Waals surface area contributed by atoms with Gasteiger partial charge in [-0.05, 0) is 79.5 Å². The fourth-order valence-corrected chi connectivity index (χ4v) is 6.70. The van der Waals surface area contributed by atoms with Crippen LogP contribution in [0.4, 0.5) is 0 Å². The summed E-state index contributed by atoms with van der Waals surface area (Å²) in [5, 5.41) is 2.40. The molecule has 0 saturated heterocycles. The van der Waals surface area contributed by atoms with Gasteiger partial charge < -0.3 is 0 Å². The summed E-state index contributed by atoms with van der Waals surface area (Å²) in [5.41, 5.74) is 12.5. The Labute approximate surface area is 267 Å². The minimum atomic E-state index is 0.644. The van der Waals surface area contributed by atoms with Crippen LogP contribution in [0.1, 0.15) is 0 Å². The van der Waals surface area contributed by atoms with Crippen LogP contribution in [0.15, 0.2) is 164 Å². The Balaban J connectivity index is 1.29. The average Bonchev–Trinajstić information content (AvgIpc) is 3.47. The smallest absolute Gasteiger partial charge is 0.164 e. The van der Waals surface area contributed by atoms with Crippen LogP contribution < -0.4 is 0 Å². The van der Waals surface area contributed by atoms with Crippen LogP contribution in [0.2, 0.25) is 0 Å². The normalized spacial score (nSPS) is 11.5. The molecule has 0 saturated carbocycles. The van der Waals surface area contributed by atoms with Crippen molar-refractivity contribution in [1.29, 1.82) is 0 Å². The van der Waals surface area contributed by atoms with Crippen LogP contribution in [0, 0.1) is 0 Å². The molecule has 0 spiro atoms. The van der Waals surface area contributed by atoms with Crippen molar-refractivity contribution in [3.05, 3.63) is 164 Å². The molecule has 214 valence electrons. The van der Waals surface area contributed by atoms with Gasteiger partial charge in [-0.15, -0.1) is 0 Å². The van der Waals surface area contributed by atoms with Gasteiger partial charge in [0.15, 0.2) is 17.5 Å². The van der Waals surface area contributed by atoms with E-state index in [4.69, 9.17) is 15.0 Å². The number of hydrogen-bond donors (Lipinski definition) is 0. The summed E-state index contributed by atoms with van der Waals surface area (Å²) >= 11 is 0. The third-order valence-electron chi connectivity index (χ3n) is 8.86. The number of aromatic nitrogens is 3. The van der Waals surface area contributed by atoms with Gasteiger partial charge >= 0.3 is 0 Å². The lowest BCUT2D eigenvalue weighted by atomic mass is 9.95. The molecule has 0 aliphatic heterocycles. The molecule has 0 unspecified atom stereocenters. The van der Waals surface area contributed by atoms with Gasteiger partial charge in [0, 0.05) is 16.7 Å². The van der Waals surface area contributed by atoms with Crippen molar-refractivity contribution in [2.45, 2.75) is 0 Å². The summed E-state index contributed by atoms with van der Waals surface area (Å²) in [6.07, 6.45) is 0. The number of benzene rings is 7. The first-order valence-corrected chi connectivity index (χ1v) is 15.5. The van der Waals surface area contributed by atoms with Crippen LogP contribution >= 0.6 is 0 Å². The second kappa shape index (κ2) is 10.8. The molecular formula is C43H27N3. The monoisotopic (exact) mass is 585 g/mol. The summed E-state index contributed by atoms with van der Waals surface area (Å²) in [7, 11) is 0. The molecule has 0 bridgehead atoms. The van der Waals surface area contributed by atoms with Crippen molar-refractivity contribution >= 4 is 10.8 Å². The van der Waals surface area contributed by atoms with E-state index in [2.05, 4.69) is 133 Å². The maximum Gasteiger partial charge on any atom is 0.164 e. The van der Waals surface area contributed by atoms with E-state index in [0.29, 0.717) is 17.5 Å². The van der Waals surface area contributed by atoms with Gasteiger partial charge in [0.2, 0.25) is 0 Å². The van der Waals surface area contributed by atoms with Crippen LogP contribution in [-0.4, -0.2) is 15.0 Å². The van der Waals surface area contributed by atoms with Gasteiger partial charge in [-0.25, -0.2) is 15.0 Å². The first kappa shape index (κ1) is 26.2. The van der Waals surface area contributed by atoms with Crippen LogP contribution in [0.5, 0.6) is 0 Å². The van der Waals surface area contributed by atoms with E-state index in [-0.39, 0.29) is 0 Å². The minimum Gasteiger partial charge on any atom is -0.208 e. The average molecular weight is 586 g/mol. The highest BCUT2D eigenvalue weighted by Gasteiger charge is 2.23. The second-order valence-corrected chi connectivity index (χ2v) is 11.6. The van der Waals surface area contributed by atoms with Crippen LogP contribution in [-0.2, 0) is 0 Å². The third-order valence-corrected chi connectivity index (χ3v) is 8.86. The predicted octanol–water partition coefficient (Wildman–Crippen LogP) is 11.0. The molecule has 9 rings (SSSR count). The molecule has 46 heavy (non-hydrogen) atoms. The molecule has 1 heterocycles. The van der Waals surface area contributed by atoms with E-state index < -0.39 is 0 Å². The maximum atomic E-state index is 5.23. The summed E-state index contributed by atoms with van der Waals surface area (Å²) in [6, 6.07) is 57.4. The Hall–Kier alpha value is -6.19. The second-order valence-electron chi connectivity index (χ2n) is 11.6. The molecule has 1 aliphatic carbocycles. The van der Waals surface area contributed by atoms with Crippen molar-refractivity contribution in [3.63, 3.8) is 0 Å².